The van der Waals surface area contributed by atoms with Gasteiger partial charge in [-0.05, 0) is 25.0 Å². The van der Waals surface area contributed by atoms with Crippen LogP contribution in [0.2, 0.25) is 0 Å². The van der Waals surface area contributed by atoms with Crippen LogP contribution in [0.25, 0.3) is 0 Å². The van der Waals surface area contributed by atoms with Crippen molar-refractivity contribution in [2.24, 2.45) is 0 Å². The monoisotopic (exact) mass is 309 g/mol. The van der Waals surface area contributed by atoms with Crippen molar-refractivity contribution < 1.29 is 13.9 Å². The molecular weight excluding hydrogens is 285 g/mol. The molecule has 22 heavy (non-hydrogen) atoms. The van der Waals surface area contributed by atoms with Crippen molar-refractivity contribution in [1.29, 1.82) is 0 Å². The fraction of sp³-hybridized carbons (Fsp3) is 0.562. The van der Waals surface area contributed by atoms with Gasteiger partial charge in [-0.1, -0.05) is 25.5 Å². The maximum absolute atomic E-state index is 13.4. The quantitative estimate of drug-likeness (QED) is 0.805. The summed E-state index contributed by atoms with van der Waals surface area (Å²) in [6, 6.07) is 6.41. The van der Waals surface area contributed by atoms with Gasteiger partial charge in [-0.15, -0.1) is 0 Å². The van der Waals surface area contributed by atoms with Gasteiger partial charge in [-0.2, -0.15) is 0 Å². The molecule has 2 atom stereocenters. The molecule has 0 bridgehead atoms. The maximum atomic E-state index is 13.4. The Hall–Kier alpha value is -1.66. The van der Waals surface area contributed by atoms with Crippen LogP contribution in [0, 0.1) is 5.82 Å². The van der Waals surface area contributed by atoms with Crippen LogP contribution in [0.4, 0.5) is 4.39 Å². The molecule has 1 aliphatic rings. The second-order valence-electron chi connectivity index (χ2n) is 5.60. The minimum atomic E-state index is -0.388. The molecule has 0 saturated carbocycles. The number of carbonyl (C=O) groups excluding carboxylic acids is 1. The van der Waals surface area contributed by atoms with Crippen LogP contribution < -0.4 is 15.6 Å². The molecule has 1 amide bonds. The van der Waals surface area contributed by atoms with E-state index >= 15 is 0 Å². The first-order chi connectivity index (χ1) is 10.6. The largest absolute Gasteiger partial charge is 0.489 e. The van der Waals surface area contributed by atoms with E-state index in [9.17, 15) is 9.18 Å². The molecule has 1 heterocycles. The highest BCUT2D eigenvalue weighted by molar-refractivity contribution is 5.81. The summed E-state index contributed by atoms with van der Waals surface area (Å²) in [5, 5.41) is 0. The average molecular weight is 309 g/mol. The highest BCUT2D eigenvalue weighted by atomic mass is 19.1. The van der Waals surface area contributed by atoms with E-state index in [4.69, 9.17) is 4.74 Å². The summed E-state index contributed by atoms with van der Waals surface area (Å²) in [5.74, 6) is -0.143. The predicted octanol–water partition coefficient (Wildman–Crippen LogP) is 1.70. The van der Waals surface area contributed by atoms with Crippen LogP contribution >= 0.6 is 0 Å². The molecule has 0 aliphatic carbocycles. The lowest BCUT2D eigenvalue weighted by molar-refractivity contribution is -0.132. The molecule has 1 aliphatic heterocycles. The average Bonchev–Trinajstić information content (AvgIpc) is 2.97. The minimum absolute atomic E-state index is 0.0308. The van der Waals surface area contributed by atoms with Crippen molar-refractivity contribution in [3.63, 3.8) is 0 Å². The van der Waals surface area contributed by atoms with Crippen LogP contribution in [0.15, 0.2) is 24.3 Å². The van der Waals surface area contributed by atoms with E-state index < -0.39 is 0 Å². The van der Waals surface area contributed by atoms with Crippen LogP contribution in [0.5, 0.6) is 5.75 Å². The van der Waals surface area contributed by atoms with Gasteiger partial charge in [0.05, 0.1) is 6.54 Å². The van der Waals surface area contributed by atoms with Crippen molar-refractivity contribution in [2.75, 3.05) is 20.2 Å². The lowest BCUT2D eigenvalue weighted by Gasteiger charge is -2.21. The number of benzene rings is 1. The zero-order chi connectivity index (χ0) is 15.9. The zero-order valence-electron chi connectivity index (χ0n) is 13.1. The molecule has 2 unspecified atom stereocenters. The number of hydrogen-bond donors (Lipinski definition) is 2. The maximum Gasteiger partial charge on any atom is 0.240 e. The lowest BCUT2D eigenvalue weighted by atomic mass is 10.1. The minimum Gasteiger partial charge on any atom is -0.489 e. The van der Waals surface area contributed by atoms with E-state index in [1.165, 1.54) is 6.07 Å². The van der Waals surface area contributed by atoms with Gasteiger partial charge in [0.15, 0.2) is 11.6 Å². The molecule has 2 N–H and O–H groups in total. The van der Waals surface area contributed by atoms with Gasteiger partial charge in [0.2, 0.25) is 5.91 Å². The zero-order valence-corrected chi connectivity index (χ0v) is 13.1. The second kappa shape index (κ2) is 8.10. The van der Waals surface area contributed by atoms with Gasteiger partial charge in [0.1, 0.15) is 12.6 Å². The number of nitrogens with zero attached hydrogens (tertiary/aromatic N) is 1. The Morgan fingerprint density at radius 1 is 1.41 bits per heavy atom. The van der Waals surface area contributed by atoms with E-state index in [0.29, 0.717) is 12.6 Å². The number of likely N-dealkylation sites (N-methyl/N-ethyl adjacent to an activating group) is 1. The molecular formula is C16H24FN3O2. The van der Waals surface area contributed by atoms with Crippen molar-refractivity contribution in [3.8, 4) is 5.75 Å². The number of hydrazine groups is 1. The van der Waals surface area contributed by atoms with E-state index in [0.717, 1.165) is 19.3 Å². The normalized spacial score (nSPS) is 20.9. The molecule has 1 saturated heterocycles. The first kappa shape index (κ1) is 16.7. The standard InChI is InChI=1S/C16H24FN3O2/c1-3-6-12-11-14(19-18-12)16(21)20(2)9-10-22-15-8-5-4-7-13(15)17/h4-5,7-8,12,14,18-19H,3,6,9-11H2,1-2H3. The van der Waals surface area contributed by atoms with Crippen LogP contribution in [-0.2, 0) is 4.79 Å². The first-order valence-electron chi connectivity index (χ1n) is 7.75. The summed E-state index contributed by atoms with van der Waals surface area (Å²) in [6.45, 7) is 2.81. The Morgan fingerprint density at radius 3 is 2.91 bits per heavy atom. The Balaban J connectivity index is 1.74. The van der Waals surface area contributed by atoms with Crippen molar-refractivity contribution >= 4 is 5.91 Å². The number of hydrogen-bond acceptors (Lipinski definition) is 4. The molecule has 1 aromatic rings. The third kappa shape index (κ3) is 4.42. The van der Waals surface area contributed by atoms with Crippen LogP contribution in [0.1, 0.15) is 26.2 Å². The van der Waals surface area contributed by atoms with E-state index in [1.54, 1.807) is 30.1 Å². The summed E-state index contributed by atoms with van der Waals surface area (Å²) in [7, 11) is 1.74. The fourth-order valence-electron chi connectivity index (χ4n) is 2.55. The second-order valence-corrected chi connectivity index (χ2v) is 5.60. The summed E-state index contributed by atoms with van der Waals surface area (Å²) in [6.07, 6.45) is 2.94. The summed E-state index contributed by atoms with van der Waals surface area (Å²) in [5.41, 5.74) is 6.20. The highest BCUT2D eigenvalue weighted by Crippen LogP contribution is 2.15. The molecule has 5 nitrogen and oxygen atoms in total. The molecule has 0 aromatic heterocycles. The number of carbonyl (C=O) groups is 1. The van der Waals surface area contributed by atoms with Gasteiger partial charge in [-0.25, -0.2) is 9.82 Å². The molecule has 0 spiro atoms. The van der Waals surface area contributed by atoms with Crippen molar-refractivity contribution in [3.05, 3.63) is 30.1 Å². The number of ether oxygens (including phenoxy) is 1. The molecule has 122 valence electrons. The van der Waals surface area contributed by atoms with Crippen molar-refractivity contribution in [1.82, 2.24) is 15.8 Å². The lowest BCUT2D eigenvalue weighted by Crippen LogP contribution is -2.45. The van der Waals surface area contributed by atoms with Crippen LogP contribution in [0.3, 0.4) is 0 Å². The fourth-order valence-corrected chi connectivity index (χ4v) is 2.55. The highest BCUT2D eigenvalue weighted by Gasteiger charge is 2.30. The predicted molar refractivity (Wildman–Crippen MR) is 82.9 cm³/mol. The number of amides is 1. The first-order valence-corrected chi connectivity index (χ1v) is 7.75. The number of nitrogens with one attached hydrogen (secondary N) is 2. The number of para-hydroxylation sites is 1. The smallest absolute Gasteiger partial charge is 0.240 e. The molecule has 1 aromatic carbocycles. The van der Waals surface area contributed by atoms with Gasteiger partial charge >= 0.3 is 0 Å². The van der Waals surface area contributed by atoms with Crippen molar-refractivity contribution in [2.45, 2.75) is 38.3 Å². The third-order valence-electron chi connectivity index (χ3n) is 3.81. The van der Waals surface area contributed by atoms with E-state index in [1.807, 2.05) is 0 Å². The summed E-state index contributed by atoms with van der Waals surface area (Å²) in [4.78, 5) is 13.9. The topological polar surface area (TPSA) is 53.6 Å². The Morgan fingerprint density at radius 2 is 2.18 bits per heavy atom. The summed E-state index contributed by atoms with van der Waals surface area (Å²) >= 11 is 0. The molecule has 2 rings (SSSR count). The van der Waals surface area contributed by atoms with Gasteiger partial charge in [0.25, 0.3) is 0 Å². The van der Waals surface area contributed by atoms with Crippen LogP contribution in [-0.4, -0.2) is 43.1 Å². The van der Waals surface area contributed by atoms with E-state index in [2.05, 4.69) is 17.8 Å². The Labute approximate surface area is 130 Å². The summed E-state index contributed by atoms with van der Waals surface area (Å²) < 4.78 is 18.8. The third-order valence-corrected chi connectivity index (χ3v) is 3.81. The molecule has 1 fully saturated rings. The van der Waals surface area contributed by atoms with Gasteiger partial charge in [0, 0.05) is 13.1 Å². The number of rotatable bonds is 7. The van der Waals surface area contributed by atoms with Gasteiger partial charge in [-0.3, -0.25) is 10.2 Å². The van der Waals surface area contributed by atoms with Gasteiger partial charge < -0.3 is 9.64 Å². The SMILES string of the molecule is CCCC1CC(C(=O)N(C)CCOc2ccccc2F)NN1. The Bertz CT molecular complexity index is 498. The molecule has 0 radical (unpaired) electrons. The molecule has 6 heteroatoms. The number of halogens is 1. The Kier molecular flexibility index (Phi) is 6.15. The van der Waals surface area contributed by atoms with E-state index in [-0.39, 0.29) is 30.1 Å².